The van der Waals surface area contributed by atoms with E-state index in [1.165, 1.54) is 5.56 Å². The van der Waals surface area contributed by atoms with Crippen molar-refractivity contribution in [3.05, 3.63) is 35.9 Å². The Kier molecular flexibility index (Phi) is 8.24. The lowest BCUT2D eigenvalue weighted by molar-refractivity contribution is 0.275. The summed E-state index contributed by atoms with van der Waals surface area (Å²) in [7, 11) is -0.683. The molecule has 0 unspecified atom stereocenters. The first-order valence-electron chi connectivity index (χ1n) is 5.27. The molecule has 1 rings (SSSR count). The van der Waals surface area contributed by atoms with Gasteiger partial charge in [-0.3, -0.25) is 4.99 Å². The van der Waals surface area contributed by atoms with Crippen molar-refractivity contribution in [3.63, 3.8) is 0 Å². The number of aliphatic imine (C=N–C) groups is 1. The third kappa shape index (κ3) is 14.8. The maximum absolute atomic E-state index is 8.88. The smallest absolute Gasteiger partial charge is 0.369 e. The first-order chi connectivity index (χ1) is 8.29. The molecule has 0 spiro atoms. The van der Waals surface area contributed by atoms with Gasteiger partial charge in [0.15, 0.2) is 0 Å². The van der Waals surface area contributed by atoms with Gasteiger partial charge in [0.2, 0.25) is 0 Å². The van der Waals surface area contributed by atoms with Gasteiger partial charge in [0, 0.05) is 20.6 Å². The minimum absolute atomic E-state index is 0.863. The van der Waals surface area contributed by atoms with Gasteiger partial charge < -0.3 is 19.6 Å². The second-order valence-corrected chi connectivity index (χ2v) is 4.76. The monoisotopic (exact) mass is 274 g/mol. The molecule has 0 bridgehead atoms. The summed E-state index contributed by atoms with van der Waals surface area (Å²) in [5.41, 5.74) is 1.35. The van der Waals surface area contributed by atoms with Crippen molar-refractivity contribution in [1.82, 2.24) is 4.90 Å². The normalized spacial score (nSPS) is 10.9. The zero-order valence-corrected chi connectivity index (χ0v) is 11.4. The predicted molar refractivity (Wildman–Crippen MR) is 71.5 cm³/mol. The molecule has 0 amide bonds. The largest absolute Gasteiger partial charge is 0.466 e. The van der Waals surface area contributed by atoms with Crippen LogP contribution in [-0.2, 0) is 11.0 Å². The molecule has 0 saturated heterocycles. The highest BCUT2D eigenvalue weighted by atomic mass is 31.2. The van der Waals surface area contributed by atoms with E-state index in [2.05, 4.69) is 29.3 Å². The summed E-state index contributed by atoms with van der Waals surface area (Å²) in [6.45, 7) is 0.863. The van der Waals surface area contributed by atoms with Gasteiger partial charge in [0.25, 0.3) is 0 Å². The van der Waals surface area contributed by atoms with E-state index in [-0.39, 0.29) is 0 Å². The molecular formula is C11H19N2O4P. The van der Waals surface area contributed by atoms with Crippen LogP contribution < -0.4 is 0 Å². The van der Waals surface area contributed by atoms with E-state index in [4.69, 9.17) is 19.2 Å². The Labute approximate surface area is 107 Å². The predicted octanol–water partition coefficient (Wildman–Crippen LogP) is 0.890. The Balaban J connectivity index is 0.000000494. The fourth-order valence-electron chi connectivity index (χ4n) is 1.06. The van der Waals surface area contributed by atoms with E-state index in [0.717, 1.165) is 13.0 Å². The number of phosphoric acid groups is 1. The molecule has 0 aromatic heterocycles. The van der Waals surface area contributed by atoms with Gasteiger partial charge in [0.05, 0.1) is 6.34 Å². The molecular weight excluding hydrogens is 255 g/mol. The Morgan fingerprint density at radius 1 is 1.22 bits per heavy atom. The Hall–Kier alpha value is -1.20. The van der Waals surface area contributed by atoms with Crippen LogP contribution in [0.25, 0.3) is 0 Å². The van der Waals surface area contributed by atoms with E-state index in [1.807, 2.05) is 31.4 Å². The van der Waals surface area contributed by atoms with Gasteiger partial charge in [0.1, 0.15) is 0 Å². The molecule has 0 aliphatic heterocycles. The highest BCUT2D eigenvalue weighted by Gasteiger charge is 2.00. The molecule has 7 heteroatoms. The first-order valence-corrected chi connectivity index (χ1v) is 6.84. The average Bonchev–Trinajstić information content (AvgIpc) is 2.23. The molecule has 0 aliphatic carbocycles. The first kappa shape index (κ1) is 16.8. The Morgan fingerprint density at radius 2 is 1.72 bits per heavy atom. The molecule has 0 heterocycles. The number of benzene rings is 1. The summed E-state index contributed by atoms with van der Waals surface area (Å²) in [5.74, 6) is 0. The highest BCUT2D eigenvalue weighted by Crippen LogP contribution is 2.25. The van der Waals surface area contributed by atoms with E-state index in [1.54, 1.807) is 0 Å². The summed E-state index contributed by atoms with van der Waals surface area (Å²) < 4.78 is 8.88. The van der Waals surface area contributed by atoms with E-state index >= 15 is 0 Å². The molecule has 0 atom stereocenters. The van der Waals surface area contributed by atoms with E-state index < -0.39 is 7.82 Å². The van der Waals surface area contributed by atoms with Crippen LogP contribution in [0.3, 0.4) is 0 Å². The highest BCUT2D eigenvalue weighted by molar-refractivity contribution is 7.45. The maximum Gasteiger partial charge on any atom is 0.466 e. The summed E-state index contributed by atoms with van der Waals surface area (Å²) in [6, 6.07) is 10.4. The van der Waals surface area contributed by atoms with Crippen molar-refractivity contribution in [2.75, 3.05) is 20.6 Å². The number of rotatable bonds is 4. The Bertz CT molecular complexity index is 381. The molecule has 6 nitrogen and oxygen atoms in total. The second kappa shape index (κ2) is 8.83. The van der Waals surface area contributed by atoms with Crippen LogP contribution in [0, 0.1) is 0 Å². The van der Waals surface area contributed by atoms with Crippen LogP contribution in [0.15, 0.2) is 35.3 Å². The fraction of sp³-hybridized carbons (Fsp3) is 0.364. The van der Waals surface area contributed by atoms with Crippen molar-refractivity contribution in [2.45, 2.75) is 6.42 Å². The van der Waals surface area contributed by atoms with Crippen molar-refractivity contribution < 1.29 is 19.2 Å². The lowest BCUT2D eigenvalue weighted by Gasteiger charge is -2.02. The van der Waals surface area contributed by atoms with Crippen LogP contribution in [0.1, 0.15) is 5.56 Å². The fourth-order valence-corrected chi connectivity index (χ4v) is 1.06. The molecule has 18 heavy (non-hydrogen) atoms. The molecule has 102 valence electrons. The third-order valence-electron chi connectivity index (χ3n) is 1.68. The number of nitrogens with zero attached hydrogens (tertiary/aromatic N) is 2. The lowest BCUT2D eigenvalue weighted by atomic mass is 10.2. The zero-order valence-electron chi connectivity index (χ0n) is 10.5. The van der Waals surface area contributed by atoms with Gasteiger partial charge in [-0.2, -0.15) is 0 Å². The summed E-state index contributed by atoms with van der Waals surface area (Å²) in [4.78, 5) is 27.8. The Morgan fingerprint density at radius 3 is 2.17 bits per heavy atom. The molecule has 3 N–H and O–H groups in total. The lowest BCUT2D eigenvalue weighted by Crippen LogP contribution is -2.08. The molecule has 0 saturated carbocycles. The molecule has 1 aromatic rings. The molecule has 1 aromatic carbocycles. The summed E-state index contributed by atoms with van der Waals surface area (Å²) in [6.07, 6.45) is 2.87. The quantitative estimate of drug-likeness (QED) is 0.431. The van der Waals surface area contributed by atoms with Crippen LogP contribution in [-0.4, -0.2) is 46.6 Å². The number of hydrogen-bond acceptors (Lipinski definition) is 2. The van der Waals surface area contributed by atoms with Crippen molar-refractivity contribution in [2.24, 2.45) is 4.99 Å². The summed E-state index contributed by atoms with van der Waals surface area (Å²) >= 11 is 0. The molecule has 0 fully saturated rings. The van der Waals surface area contributed by atoms with Gasteiger partial charge in [-0.15, -0.1) is 0 Å². The van der Waals surface area contributed by atoms with Gasteiger partial charge in [-0.1, -0.05) is 30.3 Å². The number of hydrogen-bond donors (Lipinski definition) is 3. The molecule has 0 aliphatic rings. The third-order valence-corrected chi connectivity index (χ3v) is 1.68. The topological polar surface area (TPSA) is 93.4 Å². The minimum Gasteiger partial charge on any atom is -0.369 e. The van der Waals surface area contributed by atoms with Gasteiger partial charge in [-0.25, -0.2) is 4.57 Å². The zero-order chi connectivity index (χ0) is 14.0. The van der Waals surface area contributed by atoms with Crippen LogP contribution >= 0.6 is 7.82 Å². The van der Waals surface area contributed by atoms with E-state index in [0.29, 0.717) is 0 Å². The van der Waals surface area contributed by atoms with Crippen molar-refractivity contribution >= 4 is 14.2 Å². The van der Waals surface area contributed by atoms with Gasteiger partial charge >= 0.3 is 7.82 Å². The minimum atomic E-state index is -4.64. The average molecular weight is 274 g/mol. The van der Waals surface area contributed by atoms with Gasteiger partial charge in [-0.05, 0) is 12.0 Å². The van der Waals surface area contributed by atoms with E-state index in [9.17, 15) is 0 Å². The van der Waals surface area contributed by atoms with Crippen molar-refractivity contribution in [1.29, 1.82) is 0 Å². The van der Waals surface area contributed by atoms with Crippen LogP contribution in [0.2, 0.25) is 0 Å². The standard InChI is InChI=1S/C11H16N2.H3O4P/c1-13(2)10-12-9-8-11-6-4-3-5-7-11;1-5(2,3)4/h3-7,10H,8-9H2,1-2H3;(H3,1,2,3,4). The molecule has 0 radical (unpaired) electrons. The second-order valence-electron chi connectivity index (χ2n) is 3.73. The maximum atomic E-state index is 8.88. The van der Waals surface area contributed by atoms with Crippen molar-refractivity contribution in [3.8, 4) is 0 Å². The van der Waals surface area contributed by atoms with Crippen LogP contribution in [0.5, 0.6) is 0 Å². The van der Waals surface area contributed by atoms with Crippen LogP contribution in [0.4, 0.5) is 0 Å². The summed E-state index contributed by atoms with van der Waals surface area (Å²) in [5, 5.41) is 0. The SMILES string of the molecule is CN(C)C=NCCc1ccccc1.O=P(O)(O)O.